The van der Waals surface area contributed by atoms with E-state index >= 15 is 0 Å². The van der Waals surface area contributed by atoms with E-state index in [1.54, 1.807) is 43.0 Å². The molecule has 6 nitrogen and oxygen atoms in total. The number of esters is 1. The molecule has 6 heteroatoms. The van der Waals surface area contributed by atoms with E-state index in [0.717, 1.165) is 12.8 Å². The Balaban J connectivity index is 1.94. The second-order valence-corrected chi connectivity index (χ2v) is 5.77. The number of ether oxygens (including phenoxy) is 2. The van der Waals surface area contributed by atoms with Crippen LogP contribution >= 0.6 is 0 Å². The molecule has 0 N–H and O–H groups in total. The van der Waals surface area contributed by atoms with Gasteiger partial charge in [-0.3, -0.25) is 9.59 Å². The summed E-state index contributed by atoms with van der Waals surface area (Å²) in [5.41, 5.74) is 0.537. The summed E-state index contributed by atoms with van der Waals surface area (Å²) in [7, 11) is 0. The van der Waals surface area contributed by atoms with Crippen LogP contribution in [0.4, 0.5) is 0 Å². The molecule has 0 spiro atoms. The molecular formula is C18H22N2O4. The van der Waals surface area contributed by atoms with Crippen molar-refractivity contribution in [1.82, 2.24) is 4.90 Å². The Morgan fingerprint density at radius 3 is 2.71 bits per heavy atom. The van der Waals surface area contributed by atoms with Crippen molar-refractivity contribution in [3.05, 3.63) is 29.8 Å². The summed E-state index contributed by atoms with van der Waals surface area (Å²) >= 11 is 0. The summed E-state index contributed by atoms with van der Waals surface area (Å²) in [5, 5.41) is 8.79. The maximum Gasteiger partial charge on any atom is 0.310 e. The molecular weight excluding hydrogens is 308 g/mol. The standard InChI is InChI=1S/C18H22N2O4/c1-3-23-18(22)15-5-4-10-20(12-15)17(21)13(2)24-16-8-6-14(11-19)7-9-16/h6-9,13,15H,3-5,10,12H2,1-2H3/t13-,15-/m0/s1. The van der Waals surface area contributed by atoms with Crippen molar-refractivity contribution in [3.8, 4) is 11.8 Å². The van der Waals surface area contributed by atoms with Gasteiger partial charge in [-0.05, 0) is 51.0 Å². The number of carbonyl (C=O) groups excluding carboxylic acids is 2. The number of hydrogen-bond donors (Lipinski definition) is 0. The Labute approximate surface area is 142 Å². The van der Waals surface area contributed by atoms with E-state index in [4.69, 9.17) is 14.7 Å². The van der Waals surface area contributed by atoms with Crippen LogP contribution in [0.25, 0.3) is 0 Å². The minimum atomic E-state index is -0.654. The highest BCUT2D eigenvalue weighted by Crippen LogP contribution is 2.20. The van der Waals surface area contributed by atoms with Crippen LogP contribution in [0.2, 0.25) is 0 Å². The van der Waals surface area contributed by atoms with Crippen LogP contribution in [-0.4, -0.2) is 42.6 Å². The van der Waals surface area contributed by atoms with Crippen LogP contribution in [0.15, 0.2) is 24.3 Å². The fraction of sp³-hybridized carbons (Fsp3) is 0.500. The number of carbonyl (C=O) groups is 2. The first-order valence-electron chi connectivity index (χ1n) is 8.17. The second kappa shape index (κ2) is 8.34. The summed E-state index contributed by atoms with van der Waals surface area (Å²) in [5.74, 6) is -0.109. The van der Waals surface area contributed by atoms with Gasteiger partial charge in [-0.25, -0.2) is 0 Å². The number of piperidine rings is 1. The van der Waals surface area contributed by atoms with Gasteiger partial charge < -0.3 is 14.4 Å². The van der Waals surface area contributed by atoms with Gasteiger partial charge in [0.1, 0.15) is 5.75 Å². The molecule has 128 valence electrons. The zero-order chi connectivity index (χ0) is 17.5. The molecule has 0 bridgehead atoms. The lowest BCUT2D eigenvalue weighted by Crippen LogP contribution is -2.47. The maximum absolute atomic E-state index is 12.5. The Bertz CT molecular complexity index is 621. The van der Waals surface area contributed by atoms with Crippen LogP contribution in [-0.2, 0) is 14.3 Å². The van der Waals surface area contributed by atoms with Gasteiger partial charge in [0, 0.05) is 13.1 Å². The molecule has 1 fully saturated rings. The van der Waals surface area contributed by atoms with E-state index in [1.165, 1.54) is 0 Å². The quantitative estimate of drug-likeness (QED) is 0.773. The molecule has 1 aliphatic heterocycles. The third-order valence-electron chi connectivity index (χ3n) is 4.00. The second-order valence-electron chi connectivity index (χ2n) is 5.77. The van der Waals surface area contributed by atoms with Gasteiger partial charge in [-0.1, -0.05) is 0 Å². The van der Waals surface area contributed by atoms with Crippen molar-refractivity contribution in [2.24, 2.45) is 5.92 Å². The van der Waals surface area contributed by atoms with Gasteiger partial charge in [0.05, 0.1) is 24.2 Å². The molecule has 1 heterocycles. The van der Waals surface area contributed by atoms with Crippen molar-refractivity contribution >= 4 is 11.9 Å². The third kappa shape index (κ3) is 4.48. The molecule has 1 amide bonds. The molecule has 2 atom stereocenters. The summed E-state index contributed by atoms with van der Waals surface area (Å²) in [6.07, 6.45) is 0.866. The highest BCUT2D eigenvalue weighted by Gasteiger charge is 2.31. The lowest BCUT2D eigenvalue weighted by molar-refractivity contribution is -0.152. The van der Waals surface area contributed by atoms with Gasteiger partial charge in [0.25, 0.3) is 5.91 Å². The van der Waals surface area contributed by atoms with Crippen LogP contribution in [0.5, 0.6) is 5.75 Å². The first-order chi connectivity index (χ1) is 11.5. The van der Waals surface area contributed by atoms with Gasteiger partial charge in [0.15, 0.2) is 6.10 Å². The predicted octanol–water partition coefficient (Wildman–Crippen LogP) is 2.13. The highest BCUT2D eigenvalue weighted by atomic mass is 16.5. The van der Waals surface area contributed by atoms with E-state index in [9.17, 15) is 9.59 Å². The topological polar surface area (TPSA) is 79.6 Å². The van der Waals surface area contributed by atoms with E-state index in [2.05, 4.69) is 0 Å². The van der Waals surface area contributed by atoms with E-state index in [0.29, 0.717) is 31.0 Å². The number of benzene rings is 1. The number of likely N-dealkylation sites (tertiary alicyclic amines) is 1. The minimum absolute atomic E-state index is 0.145. The predicted molar refractivity (Wildman–Crippen MR) is 87.2 cm³/mol. The molecule has 1 aromatic rings. The van der Waals surface area contributed by atoms with Gasteiger partial charge >= 0.3 is 5.97 Å². The first kappa shape index (κ1) is 17.8. The molecule has 0 saturated carbocycles. The van der Waals surface area contributed by atoms with Gasteiger partial charge in [-0.15, -0.1) is 0 Å². The van der Waals surface area contributed by atoms with E-state index in [1.807, 2.05) is 6.07 Å². The average Bonchev–Trinajstić information content (AvgIpc) is 2.62. The first-order valence-corrected chi connectivity index (χ1v) is 8.17. The van der Waals surface area contributed by atoms with Crippen LogP contribution in [0, 0.1) is 17.2 Å². The number of amides is 1. The molecule has 1 aromatic carbocycles. The van der Waals surface area contributed by atoms with E-state index in [-0.39, 0.29) is 17.8 Å². The third-order valence-corrected chi connectivity index (χ3v) is 4.00. The molecule has 0 radical (unpaired) electrons. The fourth-order valence-electron chi connectivity index (χ4n) is 2.75. The normalized spacial score (nSPS) is 18.4. The molecule has 24 heavy (non-hydrogen) atoms. The van der Waals surface area contributed by atoms with Crippen molar-refractivity contribution in [1.29, 1.82) is 5.26 Å². The minimum Gasteiger partial charge on any atom is -0.481 e. The van der Waals surface area contributed by atoms with Crippen LogP contribution < -0.4 is 4.74 Å². The molecule has 0 aromatic heterocycles. The van der Waals surface area contributed by atoms with Crippen LogP contribution in [0.3, 0.4) is 0 Å². The Morgan fingerprint density at radius 1 is 1.38 bits per heavy atom. The SMILES string of the molecule is CCOC(=O)[C@H]1CCCN(C(=O)[C@H](C)Oc2ccc(C#N)cc2)C1. The Kier molecular flexibility index (Phi) is 6.19. The Morgan fingerprint density at radius 2 is 2.08 bits per heavy atom. The lowest BCUT2D eigenvalue weighted by Gasteiger charge is -2.33. The van der Waals surface area contributed by atoms with E-state index < -0.39 is 6.10 Å². The van der Waals surface area contributed by atoms with Gasteiger partial charge in [0.2, 0.25) is 0 Å². The largest absolute Gasteiger partial charge is 0.481 e. The highest BCUT2D eigenvalue weighted by molar-refractivity contribution is 5.82. The van der Waals surface area contributed by atoms with Crippen molar-refractivity contribution in [3.63, 3.8) is 0 Å². The molecule has 2 rings (SSSR count). The fourth-order valence-corrected chi connectivity index (χ4v) is 2.75. The van der Waals surface area contributed by atoms with Crippen molar-refractivity contribution < 1.29 is 19.1 Å². The smallest absolute Gasteiger partial charge is 0.310 e. The van der Waals surface area contributed by atoms with Crippen molar-refractivity contribution in [2.75, 3.05) is 19.7 Å². The summed E-state index contributed by atoms with van der Waals surface area (Å²) in [4.78, 5) is 26.1. The molecule has 0 aliphatic carbocycles. The monoisotopic (exact) mass is 330 g/mol. The number of nitrogens with zero attached hydrogens (tertiary/aromatic N) is 2. The zero-order valence-corrected chi connectivity index (χ0v) is 14.0. The molecule has 1 aliphatic rings. The number of rotatable bonds is 5. The Hall–Kier alpha value is -2.55. The zero-order valence-electron chi connectivity index (χ0n) is 14.0. The maximum atomic E-state index is 12.5. The van der Waals surface area contributed by atoms with Crippen molar-refractivity contribution in [2.45, 2.75) is 32.8 Å². The summed E-state index contributed by atoms with van der Waals surface area (Å²) in [6, 6.07) is 8.65. The van der Waals surface area contributed by atoms with Gasteiger partial charge in [-0.2, -0.15) is 5.26 Å². The summed E-state index contributed by atoms with van der Waals surface area (Å²) < 4.78 is 10.7. The number of hydrogen-bond acceptors (Lipinski definition) is 5. The summed E-state index contributed by atoms with van der Waals surface area (Å²) in [6.45, 7) is 4.81. The van der Waals surface area contributed by atoms with Crippen LogP contribution in [0.1, 0.15) is 32.3 Å². The average molecular weight is 330 g/mol. The molecule has 1 saturated heterocycles. The number of nitriles is 1. The lowest BCUT2D eigenvalue weighted by atomic mass is 9.98. The molecule has 0 unspecified atom stereocenters.